The monoisotopic (exact) mass is 1140 g/mol. The summed E-state index contributed by atoms with van der Waals surface area (Å²) in [6, 6.07) is 14.3. The Labute approximate surface area is 456 Å². The fourth-order valence-electron chi connectivity index (χ4n) is 12.1. The Balaban J connectivity index is 0.000000169. The van der Waals surface area contributed by atoms with Crippen LogP contribution in [0.5, 0.6) is 0 Å². The van der Waals surface area contributed by atoms with Crippen LogP contribution >= 0.6 is 0 Å². The number of rotatable bonds is 10. The van der Waals surface area contributed by atoms with Gasteiger partial charge in [-0.05, 0) is 98.9 Å². The molecule has 416 valence electrons. The third-order valence-corrected chi connectivity index (χ3v) is 17.8. The Kier molecular flexibility index (Phi) is 14.3. The Morgan fingerprint density at radius 3 is 1.18 bits per heavy atom. The molecule has 0 saturated carbocycles. The Morgan fingerprint density at radius 1 is 0.512 bits per heavy atom. The number of halogens is 6. The number of benzene rings is 4. The average molecular weight is 1140 g/mol. The second-order valence-electron chi connectivity index (χ2n) is 20.7. The van der Waals surface area contributed by atoms with Crippen LogP contribution in [-0.4, -0.2) is 94.4 Å². The largest absolute Gasteiger partial charge is 0.381 e. The van der Waals surface area contributed by atoms with E-state index < -0.39 is 66.7 Å². The van der Waals surface area contributed by atoms with Gasteiger partial charge in [-0.3, -0.25) is 19.3 Å². The number of sulfone groups is 2. The SMILES string of the molecule is Cc1cnn(C)c1-c1cnc2c3c(S(C)(=O)=O)cccc3n(C(c3c(F)cc(F)cc3F)C3CCOCC3)c2c1.Cc1cnn(C)c1-c1cnc2c3c(S(C)(=O)=O)cccc3n(C(c3c(F)cc(F)cc3F)C3CCOCC3)c2c1. The summed E-state index contributed by atoms with van der Waals surface area (Å²) in [5.74, 6) is -6.62. The number of aromatic nitrogens is 8. The Morgan fingerprint density at radius 2 is 0.863 bits per heavy atom. The van der Waals surface area contributed by atoms with Crippen molar-refractivity contribution in [1.82, 2.24) is 38.7 Å². The molecule has 22 heteroatoms. The zero-order valence-electron chi connectivity index (χ0n) is 44.3. The van der Waals surface area contributed by atoms with Gasteiger partial charge in [0.15, 0.2) is 19.7 Å². The highest BCUT2D eigenvalue weighted by Gasteiger charge is 2.38. The number of ether oxygens (including phenoxy) is 2. The highest BCUT2D eigenvalue weighted by Crippen LogP contribution is 2.46. The van der Waals surface area contributed by atoms with Crippen molar-refractivity contribution in [3.8, 4) is 22.5 Å². The fraction of sp³-hybridized carbons (Fsp3) is 0.310. The molecule has 12 rings (SSSR count). The van der Waals surface area contributed by atoms with E-state index in [1.165, 1.54) is 12.1 Å². The molecule has 0 spiro atoms. The molecule has 2 aliphatic rings. The maximum Gasteiger partial charge on any atom is 0.176 e. The van der Waals surface area contributed by atoms with E-state index >= 15 is 17.6 Å². The van der Waals surface area contributed by atoms with Crippen LogP contribution in [0.25, 0.3) is 66.4 Å². The maximum absolute atomic E-state index is 15.5. The smallest absolute Gasteiger partial charge is 0.176 e. The van der Waals surface area contributed by atoms with Crippen molar-refractivity contribution in [2.75, 3.05) is 38.9 Å². The summed E-state index contributed by atoms with van der Waals surface area (Å²) in [5, 5.41) is 9.39. The molecule has 2 aliphatic heterocycles. The topological polar surface area (TPSA) is 158 Å². The third-order valence-electron chi connectivity index (χ3n) is 15.5. The quantitative estimate of drug-likeness (QED) is 0.121. The number of hydrogen-bond donors (Lipinski definition) is 0. The molecular formula is C58H54F6N8O6S2. The van der Waals surface area contributed by atoms with Gasteiger partial charge in [0.2, 0.25) is 0 Å². The van der Waals surface area contributed by atoms with E-state index in [0.29, 0.717) is 131 Å². The molecule has 10 aromatic rings. The van der Waals surface area contributed by atoms with E-state index in [-0.39, 0.29) is 32.8 Å². The van der Waals surface area contributed by atoms with Crippen molar-refractivity contribution < 1.29 is 52.7 Å². The lowest BCUT2D eigenvalue weighted by Gasteiger charge is -2.33. The van der Waals surface area contributed by atoms with E-state index in [1.54, 1.807) is 81.6 Å². The zero-order valence-corrected chi connectivity index (χ0v) is 45.9. The summed E-state index contributed by atoms with van der Waals surface area (Å²) < 4.78 is 160. The van der Waals surface area contributed by atoms with Crippen molar-refractivity contribution in [3.63, 3.8) is 0 Å². The molecular weight excluding hydrogens is 1080 g/mol. The normalized spacial score (nSPS) is 15.8. The Hall–Kier alpha value is -7.40. The van der Waals surface area contributed by atoms with Gasteiger partial charge in [0, 0.05) is 123 Å². The number of pyridine rings is 2. The molecule has 8 heterocycles. The molecule has 14 nitrogen and oxygen atoms in total. The van der Waals surface area contributed by atoms with Crippen LogP contribution in [0, 0.1) is 60.6 Å². The summed E-state index contributed by atoms with van der Waals surface area (Å²) in [7, 11) is -3.79. The van der Waals surface area contributed by atoms with Gasteiger partial charge in [-0.15, -0.1) is 0 Å². The minimum absolute atomic E-state index is 0.0662. The standard InChI is InChI=1S/2C29H27F3N4O3S/c2*1-16-14-34-35(2)28(16)18-11-23-27(33-15-18)26-22(5-4-6-24(26)40(3,37)38)36(23)29(17-7-9-39-10-8-17)25-20(31)12-19(30)13-21(25)32/h2*4-6,11-15,17,29H,7-10H2,1-3H3. The van der Waals surface area contributed by atoms with Crippen LogP contribution in [0.2, 0.25) is 0 Å². The molecule has 4 aromatic carbocycles. The van der Waals surface area contributed by atoms with Gasteiger partial charge >= 0.3 is 0 Å². The number of aryl methyl sites for hydroxylation is 4. The molecule has 0 N–H and O–H groups in total. The average Bonchev–Trinajstić information content (AvgIpc) is 4.32. The van der Waals surface area contributed by atoms with Gasteiger partial charge in [0.05, 0.1) is 78.8 Å². The number of hydrogen-bond acceptors (Lipinski definition) is 10. The number of nitrogens with zero attached hydrogens (tertiary/aromatic N) is 8. The first-order valence-electron chi connectivity index (χ1n) is 25.8. The van der Waals surface area contributed by atoms with Gasteiger partial charge in [0.1, 0.15) is 34.9 Å². The fourth-order valence-corrected chi connectivity index (χ4v) is 13.9. The van der Waals surface area contributed by atoms with E-state index in [1.807, 2.05) is 26.0 Å². The molecule has 0 amide bonds. The predicted molar refractivity (Wildman–Crippen MR) is 291 cm³/mol. The molecule has 0 bridgehead atoms. The zero-order chi connectivity index (χ0) is 56.7. The van der Waals surface area contributed by atoms with Crippen LogP contribution in [0.3, 0.4) is 0 Å². The summed E-state index contributed by atoms with van der Waals surface area (Å²) >= 11 is 0. The van der Waals surface area contributed by atoms with Gasteiger partial charge in [-0.2, -0.15) is 10.2 Å². The summed E-state index contributed by atoms with van der Waals surface area (Å²) in [6.07, 6.45) is 11.0. The van der Waals surface area contributed by atoms with Crippen molar-refractivity contribution in [2.45, 2.75) is 61.4 Å². The first kappa shape index (κ1) is 54.6. The van der Waals surface area contributed by atoms with Crippen molar-refractivity contribution >= 4 is 63.5 Å². The van der Waals surface area contributed by atoms with E-state index in [2.05, 4.69) is 10.2 Å². The summed E-state index contributed by atoms with van der Waals surface area (Å²) in [5.41, 5.74) is 6.98. The van der Waals surface area contributed by atoms with Gasteiger partial charge in [-0.25, -0.2) is 43.2 Å². The van der Waals surface area contributed by atoms with Crippen LogP contribution in [-0.2, 0) is 43.2 Å². The lowest BCUT2D eigenvalue weighted by atomic mass is 9.86. The minimum Gasteiger partial charge on any atom is -0.381 e. The van der Waals surface area contributed by atoms with Gasteiger partial charge in [0.25, 0.3) is 0 Å². The molecule has 2 unspecified atom stereocenters. The molecule has 2 fully saturated rings. The molecule has 6 aromatic heterocycles. The highest BCUT2D eigenvalue weighted by atomic mass is 32.2. The predicted octanol–water partition coefficient (Wildman–Crippen LogP) is 11.5. The number of fused-ring (bicyclic) bond motifs is 6. The van der Waals surface area contributed by atoms with E-state index in [4.69, 9.17) is 19.4 Å². The molecule has 2 atom stereocenters. The Bertz CT molecular complexity index is 3970. The summed E-state index contributed by atoms with van der Waals surface area (Å²) in [4.78, 5) is 9.58. The molecule has 0 radical (unpaired) electrons. The first-order chi connectivity index (χ1) is 38.1. The first-order valence-corrected chi connectivity index (χ1v) is 29.6. The van der Waals surface area contributed by atoms with Crippen LogP contribution in [0.15, 0.2) is 107 Å². The molecule has 2 saturated heterocycles. The van der Waals surface area contributed by atoms with Crippen LogP contribution < -0.4 is 0 Å². The van der Waals surface area contributed by atoms with E-state index in [9.17, 15) is 25.6 Å². The lowest BCUT2D eigenvalue weighted by molar-refractivity contribution is 0.0542. The molecule has 80 heavy (non-hydrogen) atoms. The van der Waals surface area contributed by atoms with Gasteiger partial charge in [-0.1, -0.05) is 12.1 Å². The minimum atomic E-state index is -3.70. The second-order valence-corrected chi connectivity index (χ2v) is 24.7. The maximum atomic E-state index is 15.5. The second kappa shape index (κ2) is 20.9. The van der Waals surface area contributed by atoms with Crippen LogP contribution in [0.1, 0.15) is 60.0 Å². The summed E-state index contributed by atoms with van der Waals surface area (Å²) in [6.45, 7) is 5.42. The van der Waals surface area contributed by atoms with Gasteiger partial charge < -0.3 is 18.6 Å². The van der Waals surface area contributed by atoms with Crippen LogP contribution in [0.4, 0.5) is 26.3 Å². The van der Waals surface area contributed by atoms with Crippen molar-refractivity contribution in [1.29, 1.82) is 0 Å². The molecule has 0 aliphatic carbocycles. The van der Waals surface area contributed by atoms with Crippen molar-refractivity contribution in [2.24, 2.45) is 25.9 Å². The highest BCUT2D eigenvalue weighted by molar-refractivity contribution is 7.91. The lowest BCUT2D eigenvalue weighted by Crippen LogP contribution is -2.28. The van der Waals surface area contributed by atoms with E-state index in [0.717, 1.165) is 35.0 Å². The third kappa shape index (κ3) is 9.61. The van der Waals surface area contributed by atoms with Crippen molar-refractivity contribution in [3.05, 3.63) is 155 Å².